The number of hydrogen-bond acceptors (Lipinski definition) is 6. The van der Waals surface area contributed by atoms with Crippen LogP contribution >= 0.6 is 0 Å². The lowest BCUT2D eigenvalue weighted by Crippen LogP contribution is -2.52. The van der Waals surface area contributed by atoms with Crippen molar-refractivity contribution in [2.45, 2.75) is 0 Å². The van der Waals surface area contributed by atoms with Crippen molar-refractivity contribution in [3.63, 3.8) is 0 Å². The summed E-state index contributed by atoms with van der Waals surface area (Å²) in [5.41, 5.74) is 1.78. The van der Waals surface area contributed by atoms with E-state index in [4.69, 9.17) is 0 Å². The fraction of sp³-hybridized carbons (Fsp3) is 0.167. The monoisotopic (exact) mass is 458 g/mol. The van der Waals surface area contributed by atoms with Gasteiger partial charge in [0.1, 0.15) is 0 Å². The summed E-state index contributed by atoms with van der Waals surface area (Å²) >= 11 is 0. The maximum absolute atomic E-state index is 14.7. The van der Waals surface area contributed by atoms with Gasteiger partial charge in [0.2, 0.25) is 0 Å². The Morgan fingerprint density at radius 1 is 0.912 bits per heavy atom. The Labute approximate surface area is 193 Å². The molecule has 1 aromatic carbocycles. The zero-order valence-corrected chi connectivity index (χ0v) is 17.9. The minimum Gasteiger partial charge on any atom is -0.359 e. The molecule has 1 N–H and O–H groups in total. The van der Waals surface area contributed by atoms with E-state index in [2.05, 4.69) is 20.2 Å². The van der Waals surface area contributed by atoms with Crippen LogP contribution in [0.5, 0.6) is 0 Å². The van der Waals surface area contributed by atoms with Gasteiger partial charge in [0.25, 0.3) is 17.6 Å². The van der Waals surface area contributed by atoms with Crippen molar-refractivity contribution < 1.29 is 18.8 Å². The van der Waals surface area contributed by atoms with E-state index in [9.17, 15) is 18.8 Å². The molecule has 0 spiro atoms. The molecule has 2 amide bonds. The highest BCUT2D eigenvalue weighted by Gasteiger charge is 2.31. The summed E-state index contributed by atoms with van der Waals surface area (Å²) < 4.78 is 14.7. The molecule has 1 fully saturated rings. The van der Waals surface area contributed by atoms with Crippen LogP contribution in [0.1, 0.15) is 20.7 Å². The molecule has 1 aliphatic heterocycles. The number of Topliss-reactive ketones (excluding diaryl/α,β-unsaturated/α-hetero) is 1. The molecule has 1 saturated heterocycles. The molecule has 0 radical (unpaired) electrons. The number of benzene rings is 1. The van der Waals surface area contributed by atoms with Crippen LogP contribution in [0.25, 0.3) is 22.2 Å². The van der Waals surface area contributed by atoms with Crippen molar-refractivity contribution >= 4 is 28.5 Å². The molecule has 4 heterocycles. The molecule has 0 unspecified atom stereocenters. The Morgan fingerprint density at radius 3 is 2.35 bits per heavy atom. The highest BCUT2D eigenvalue weighted by molar-refractivity contribution is 6.45. The molecule has 9 nitrogen and oxygen atoms in total. The van der Waals surface area contributed by atoms with E-state index in [1.54, 1.807) is 35.2 Å². The van der Waals surface area contributed by atoms with Gasteiger partial charge in [-0.1, -0.05) is 18.2 Å². The fourth-order valence-electron chi connectivity index (χ4n) is 4.07. The molecular formula is C24H19FN6O3. The lowest BCUT2D eigenvalue weighted by Gasteiger charge is -2.34. The molecule has 1 aliphatic rings. The van der Waals surface area contributed by atoms with Crippen molar-refractivity contribution in [2.24, 2.45) is 0 Å². The predicted octanol–water partition coefficient (Wildman–Crippen LogP) is 2.33. The molecule has 10 heteroatoms. The topological polar surface area (TPSA) is 112 Å². The van der Waals surface area contributed by atoms with E-state index in [0.29, 0.717) is 35.4 Å². The first-order valence-corrected chi connectivity index (χ1v) is 10.6. The molecule has 4 aromatic rings. The molecule has 0 bridgehead atoms. The minimum absolute atomic E-state index is 0.00180. The number of nitrogens with one attached hydrogen (secondary N) is 1. The number of hydrogen-bond donors (Lipinski definition) is 1. The van der Waals surface area contributed by atoms with Gasteiger partial charge in [0.15, 0.2) is 5.82 Å². The van der Waals surface area contributed by atoms with Crippen LogP contribution in [0.2, 0.25) is 0 Å². The third-order valence-corrected chi connectivity index (χ3v) is 5.83. The summed E-state index contributed by atoms with van der Waals surface area (Å²) in [5.74, 6) is -2.39. The van der Waals surface area contributed by atoms with Gasteiger partial charge in [-0.15, -0.1) is 0 Å². The van der Waals surface area contributed by atoms with Gasteiger partial charge >= 0.3 is 0 Å². The number of amides is 2. The standard InChI is InChI=1S/C24H19FN6O3/c25-18-14-27-20(16-6-7-28-29-12-16)21-19(18)17(13-26-21)22(32)24(34)31-10-8-30(9-11-31)23(33)15-4-2-1-3-5-15/h1-7,12-14,26H,8-11H2. The number of fused-ring (bicyclic) bond motifs is 1. The van der Waals surface area contributed by atoms with Gasteiger partial charge in [-0.25, -0.2) is 4.39 Å². The maximum atomic E-state index is 14.7. The number of carbonyl (C=O) groups excluding carboxylic acids is 3. The zero-order chi connectivity index (χ0) is 23.7. The van der Waals surface area contributed by atoms with E-state index < -0.39 is 17.5 Å². The number of aromatic amines is 1. The molecule has 0 aliphatic carbocycles. The summed E-state index contributed by atoms with van der Waals surface area (Å²) in [6.45, 7) is 1.03. The van der Waals surface area contributed by atoms with Crippen molar-refractivity contribution in [1.29, 1.82) is 0 Å². The first-order valence-electron chi connectivity index (χ1n) is 10.6. The van der Waals surface area contributed by atoms with Crippen LogP contribution in [0.15, 0.2) is 61.2 Å². The highest BCUT2D eigenvalue weighted by atomic mass is 19.1. The average molecular weight is 458 g/mol. The van der Waals surface area contributed by atoms with Crippen molar-refractivity contribution in [3.05, 3.63) is 78.1 Å². The van der Waals surface area contributed by atoms with Crippen molar-refractivity contribution in [3.8, 4) is 11.3 Å². The normalized spacial score (nSPS) is 13.8. The predicted molar refractivity (Wildman–Crippen MR) is 120 cm³/mol. The first kappa shape index (κ1) is 21.4. The molecular weight excluding hydrogens is 439 g/mol. The Bertz CT molecular complexity index is 1380. The lowest BCUT2D eigenvalue weighted by molar-refractivity contribution is -0.127. The number of H-pyrrole nitrogens is 1. The summed E-state index contributed by atoms with van der Waals surface area (Å²) in [4.78, 5) is 48.7. The van der Waals surface area contributed by atoms with Crippen LogP contribution in [0.3, 0.4) is 0 Å². The number of rotatable bonds is 4. The summed E-state index contributed by atoms with van der Waals surface area (Å²) in [6, 6.07) is 10.5. The third kappa shape index (κ3) is 3.79. The zero-order valence-electron chi connectivity index (χ0n) is 17.9. The lowest BCUT2D eigenvalue weighted by atomic mass is 10.1. The number of halogens is 1. The van der Waals surface area contributed by atoms with Crippen molar-refractivity contribution in [2.75, 3.05) is 26.2 Å². The van der Waals surface area contributed by atoms with Crippen LogP contribution in [-0.4, -0.2) is 73.7 Å². The number of ketones is 1. The summed E-state index contributed by atoms with van der Waals surface area (Å²) in [7, 11) is 0. The smallest absolute Gasteiger partial charge is 0.295 e. The SMILES string of the molecule is O=C(C(=O)N1CCN(C(=O)c2ccccc2)CC1)c1c[nH]c2c(-c3ccnnc3)ncc(F)c12. The molecule has 0 atom stereocenters. The highest BCUT2D eigenvalue weighted by Crippen LogP contribution is 2.30. The number of piperazine rings is 1. The number of carbonyl (C=O) groups is 3. The van der Waals surface area contributed by atoms with Crippen LogP contribution in [-0.2, 0) is 4.79 Å². The second kappa shape index (κ2) is 8.81. The average Bonchev–Trinajstić information content (AvgIpc) is 3.35. The van der Waals surface area contributed by atoms with Gasteiger partial charge in [-0.2, -0.15) is 10.2 Å². The van der Waals surface area contributed by atoms with E-state index in [1.165, 1.54) is 23.5 Å². The van der Waals surface area contributed by atoms with Crippen molar-refractivity contribution in [1.82, 2.24) is 30.0 Å². The van der Waals surface area contributed by atoms with Gasteiger partial charge in [-0.05, 0) is 18.2 Å². The molecule has 170 valence electrons. The van der Waals surface area contributed by atoms with Gasteiger partial charge < -0.3 is 14.8 Å². The Kier molecular flexibility index (Phi) is 5.54. The van der Waals surface area contributed by atoms with Gasteiger partial charge in [0, 0.05) is 43.5 Å². The quantitative estimate of drug-likeness (QED) is 0.371. The number of pyridine rings is 1. The fourth-order valence-corrected chi connectivity index (χ4v) is 4.07. The number of aromatic nitrogens is 4. The van der Waals surface area contributed by atoms with Gasteiger partial charge in [-0.3, -0.25) is 19.4 Å². The minimum atomic E-state index is -0.821. The number of nitrogens with zero attached hydrogens (tertiary/aromatic N) is 5. The Balaban J connectivity index is 1.35. The molecule has 0 saturated carbocycles. The van der Waals surface area contributed by atoms with Gasteiger partial charge in [0.05, 0.1) is 40.8 Å². The van der Waals surface area contributed by atoms with E-state index in [0.717, 1.165) is 6.20 Å². The molecule has 5 rings (SSSR count). The maximum Gasteiger partial charge on any atom is 0.295 e. The summed E-state index contributed by atoms with van der Waals surface area (Å²) in [5, 5.41) is 7.52. The first-order chi connectivity index (χ1) is 16.5. The van der Waals surface area contributed by atoms with E-state index >= 15 is 0 Å². The van der Waals surface area contributed by atoms with Crippen LogP contribution in [0, 0.1) is 5.82 Å². The second-order valence-corrected chi connectivity index (χ2v) is 7.82. The van der Waals surface area contributed by atoms with Crippen LogP contribution < -0.4 is 0 Å². The van der Waals surface area contributed by atoms with Crippen LogP contribution in [0.4, 0.5) is 4.39 Å². The molecule has 34 heavy (non-hydrogen) atoms. The van der Waals surface area contributed by atoms with E-state index in [-0.39, 0.29) is 29.9 Å². The molecule has 3 aromatic heterocycles. The summed E-state index contributed by atoms with van der Waals surface area (Å²) in [6.07, 6.45) is 5.29. The second-order valence-electron chi connectivity index (χ2n) is 7.82. The van der Waals surface area contributed by atoms with E-state index in [1.807, 2.05) is 6.07 Å². The third-order valence-electron chi connectivity index (χ3n) is 5.83. The largest absolute Gasteiger partial charge is 0.359 e. The Hall–Kier alpha value is -4.47. The Morgan fingerprint density at radius 2 is 1.65 bits per heavy atom.